The van der Waals surface area contributed by atoms with Crippen LogP contribution in [0, 0.1) is 17.0 Å². The second-order valence-electron chi connectivity index (χ2n) is 6.96. The number of nitrogens with zero attached hydrogens (tertiary/aromatic N) is 3. The molecule has 4 rings (SSSR count). The summed E-state index contributed by atoms with van der Waals surface area (Å²) >= 11 is 0. The van der Waals surface area contributed by atoms with Gasteiger partial charge in [-0.2, -0.15) is 5.10 Å². The highest BCUT2D eigenvalue weighted by Gasteiger charge is 2.23. The summed E-state index contributed by atoms with van der Waals surface area (Å²) in [6, 6.07) is 11.6. The van der Waals surface area contributed by atoms with E-state index in [9.17, 15) is 19.7 Å². The maximum atomic E-state index is 12.8. The van der Waals surface area contributed by atoms with Gasteiger partial charge >= 0.3 is 0 Å². The lowest BCUT2D eigenvalue weighted by molar-refractivity contribution is -0.384. The molecule has 10 heteroatoms. The Morgan fingerprint density at radius 1 is 1.19 bits per heavy atom. The minimum atomic E-state index is -1.01. The van der Waals surface area contributed by atoms with Gasteiger partial charge in [0.2, 0.25) is 12.7 Å². The van der Waals surface area contributed by atoms with E-state index in [1.165, 1.54) is 25.1 Å². The second-order valence-corrected chi connectivity index (χ2v) is 6.96. The molecule has 0 bridgehead atoms. The smallest absolute Gasteiger partial charge is 0.293 e. The van der Waals surface area contributed by atoms with Crippen LogP contribution in [0.25, 0.3) is 11.3 Å². The topological polar surface area (TPSA) is 126 Å². The zero-order valence-electron chi connectivity index (χ0n) is 16.7. The summed E-state index contributed by atoms with van der Waals surface area (Å²) in [7, 11) is 0. The van der Waals surface area contributed by atoms with Gasteiger partial charge in [0.25, 0.3) is 11.2 Å². The van der Waals surface area contributed by atoms with Gasteiger partial charge in [-0.1, -0.05) is 12.1 Å². The first kappa shape index (κ1) is 20.1. The molecule has 0 saturated carbocycles. The second kappa shape index (κ2) is 7.90. The zero-order valence-corrected chi connectivity index (χ0v) is 16.7. The number of hydrogen-bond donors (Lipinski definition) is 1. The van der Waals surface area contributed by atoms with Gasteiger partial charge in [0.15, 0.2) is 11.5 Å². The number of nitrogens with one attached hydrogen (secondary N) is 1. The normalized spacial score (nSPS) is 13.0. The van der Waals surface area contributed by atoms with Gasteiger partial charge in [0.05, 0.1) is 10.6 Å². The van der Waals surface area contributed by atoms with Crippen molar-refractivity contribution >= 4 is 17.3 Å². The van der Waals surface area contributed by atoms with Gasteiger partial charge < -0.3 is 14.8 Å². The Morgan fingerprint density at radius 3 is 2.74 bits per heavy atom. The van der Waals surface area contributed by atoms with Crippen LogP contribution in [0.4, 0.5) is 11.4 Å². The molecule has 2 heterocycles. The molecule has 0 fully saturated rings. The molecule has 0 aliphatic carbocycles. The fourth-order valence-corrected chi connectivity index (χ4v) is 3.22. The maximum absolute atomic E-state index is 12.8. The van der Waals surface area contributed by atoms with Crippen LogP contribution >= 0.6 is 0 Å². The summed E-state index contributed by atoms with van der Waals surface area (Å²) < 4.78 is 11.7. The Kier molecular flexibility index (Phi) is 5.12. The number of rotatable bonds is 5. The number of fused-ring (bicyclic) bond motifs is 1. The van der Waals surface area contributed by atoms with Crippen molar-refractivity contribution in [3.05, 3.63) is 74.6 Å². The molecule has 31 heavy (non-hydrogen) atoms. The van der Waals surface area contributed by atoms with Crippen molar-refractivity contribution in [1.82, 2.24) is 9.78 Å². The van der Waals surface area contributed by atoms with Gasteiger partial charge in [-0.3, -0.25) is 19.7 Å². The predicted octanol–water partition coefficient (Wildman–Crippen LogP) is 3.06. The Bertz CT molecular complexity index is 1250. The summed E-state index contributed by atoms with van der Waals surface area (Å²) in [5.41, 5.74) is 1.05. The number of ether oxygens (including phenoxy) is 2. The summed E-state index contributed by atoms with van der Waals surface area (Å²) in [5.74, 6) is 0.578. The molecule has 1 aliphatic rings. The zero-order chi connectivity index (χ0) is 22.1. The molecule has 3 aromatic rings. The minimum Gasteiger partial charge on any atom is -0.454 e. The van der Waals surface area contributed by atoms with Crippen molar-refractivity contribution in [2.24, 2.45) is 0 Å². The molecule has 1 atom stereocenters. The number of hydrogen-bond acceptors (Lipinski definition) is 7. The van der Waals surface area contributed by atoms with Crippen molar-refractivity contribution < 1.29 is 19.2 Å². The number of para-hydroxylation sites is 1. The lowest BCUT2D eigenvalue weighted by atomic mass is 10.1. The first-order valence-corrected chi connectivity index (χ1v) is 9.40. The van der Waals surface area contributed by atoms with E-state index < -0.39 is 22.4 Å². The van der Waals surface area contributed by atoms with Crippen LogP contribution < -0.4 is 20.3 Å². The number of benzene rings is 2. The molecule has 2 aromatic carbocycles. The minimum absolute atomic E-state index is 0.0873. The third-order valence-corrected chi connectivity index (χ3v) is 4.94. The van der Waals surface area contributed by atoms with E-state index in [2.05, 4.69) is 10.4 Å². The number of nitro groups is 1. The molecular weight excluding hydrogens is 404 g/mol. The van der Waals surface area contributed by atoms with Gasteiger partial charge in [-0.15, -0.1) is 0 Å². The third-order valence-electron chi connectivity index (χ3n) is 4.94. The average molecular weight is 422 g/mol. The first-order valence-electron chi connectivity index (χ1n) is 9.40. The maximum Gasteiger partial charge on any atom is 0.293 e. The fraction of sp³-hybridized carbons (Fsp3) is 0.190. The number of aryl methyl sites for hydroxylation is 1. The summed E-state index contributed by atoms with van der Waals surface area (Å²) in [6.45, 7) is 3.28. The molecule has 1 aliphatic heterocycles. The number of amides is 1. The molecule has 158 valence electrons. The van der Waals surface area contributed by atoms with Crippen LogP contribution in [0.15, 0.2) is 53.3 Å². The molecule has 0 spiro atoms. The van der Waals surface area contributed by atoms with Crippen molar-refractivity contribution in [2.45, 2.75) is 19.9 Å². The monoisotopic (exact) mass is 422 g/mol. The molecule has 1 amide bonds. The molecular formula is C21H18N4O6. The number of carbonyl (C=O) groups is 1. The number of anilines is 1. The van der Waals surface area contributed by atoms with Gasteiger partial charge in [0.1, 0.15) is 11.7 Å². The Hall–Kier alpha value is -4.21. The molecule has 0 radical (unpaired) electrons. The SMILES string of the molecule is Cc1cccc([N+](=O)[O-])c1NC(=O)C(C)n1nc(-c2ccc3c(c2)OCO3)ccc1=O. The Labute approximate surface area is 176 Å². The number of nitro benzene ring substituents is 1. The molecule has 0 saturated heterocycles. The fourth-order valence-electron chi connectivity index (χ4n) is 3.22. The van der Waals surface area contributed by atoms with Crippen LogP contribution in [0.5, 0.6) is 11.5 Å². The van der Waals surface area contributed by atoms with E-state index in [0.29, 0.717) is 28.3 Å². The highest BCUT2D eigenvalue weighted by molar-refractivity contribution is 5.96. The number of carbonyl (C=O) groups excluding carboxylic acids is 1. The van der Waals surface area contributed by atoms with E-state index in [1.807, 2.05) is 0 Å². The first-order chi connectivity index (χ1) is 14.8. The van der Waals surface area contributed by atoms with Crippen LogP contribution in [0.3, 0.4) is 0 Å². The van der Waals surface area contributed by atoms with Crippen LogP contribution in [0.2, 0.25) is 0 Å². The summed E-state index contributed by atoms with van der Waals surface area (Å²) in [6.07, 6.45) is 0. The average Bonchev–Trinajstić information content (AvgIpc) is 3.22. The van der Waals surface area contributed by atoms with Crippen LogP contribution in [-0.2, 0) is 4.79 Å². The lowest BCUT2D eigenvalue weighted by Crippen LogP contribution is -2.33. The summed E-state index contributed by atoms with van der Waals surface area (Å²) in [4.78, 5) is 35.9. The largest absolute Gasteiger partial charge is 0.454 e. The third kappa shape index (κ3) is 3.82. The molecule has 1 N–H and O–H groups in total. The van der Waals surface area contributed by atoms with Gasteiger partial charge in [-0.25, -0.2) is 4.68 Å². The van der Waals surface area contributed by atoms with E-state index >= 15 is 0 Å². The Morgan fingerprint density at radius 2 is 1.97 bits per heavy atom. The number of aromatic nitrogens is 2. The van der Waals surface area contributed by atoms with Crippen molar-refractivity contribution in [3.63, 3.8) is 0 Å². The molecule has 1 aromatic heterocycles. The van der Waals surface area contributed by atoms with Crippen molar-refractivity contribution in [3.8, 4) is 22.8 Å². The highest BCUT2D eigenvalue weighted by Crippen LogP contribution is 2.35. The highest BCUT2D eigenvalue weighted by atomic mass is 16.7. The van der Waals surface area contributed by atoms with Crippen molar-refractivity contribution in [2.75, 3.05) is 12.1 Å². The predicted molar refractivity (Wildman–Crippen MR) is 111 cm³/mol. The van der Waals surface area contributed by atoms with Gasteiger partial charge in [-0.05, 0) is 43.7 Å². The lowest BCUT2D eigenvalue weighted by Gasteiger charge is -2.16. The van der Waals surface area contributed by atoms with E-state index in [1.54, 1.807) is 37.3 Å². The van der Waals surface area contributed by atoms with Gasteiger partial charge in [0, 0.05) is 17.7 Å². The quantitative estimate of drug-likeness (QED) is 0.495. The van der Waals surface area contributed by atoms with Crippen LogP contribution in [0.1, 0.15) is 18.5 Å². The Balaban J connectivity index is 1.64. The van der Waals surface area contributed by atoms with E-state index in [4.69, 9.17) is 9.47 Å². The van der Waals surface area contributed by atoms with E-state index in [-0.39, 0.29) is 18.2 Å². The molecule has 10 nitrogen and oxygen atoms in total. The van der Waals surface area contributed by atoms with Crippen LogP contribution in [-0.4, -0.2) is 27.4 Å². The standard InChI is InChI=1S/C21H18N4O6/c1-12-4-3-5-16(25(28)29)20(12)22-21(27)13(2)24-19(26)9-7-15(23-24)14-6-8-17-18(10-14)31-11-30-17/h3-10,13H,11H2,1-2H3,(H,22,27). The summed E-state index contributed by atoms with van der Waals surface area (Å²) in [5, 5.41) is 18.2. The van der Waals surface area contributed by atoms with Crippen molar-refractivity contribution in [1.29, 1.82) is 0 Å². The van der Waals surface area contributed by atoms with E-state index in [0.717, 1.165) is 4.68 Å². The molecule has 1 unspecified atom stereocenters.